The second-order valence-corrected chi connectivity index (χ2v) is 5.44. The summed E-state index contributed by atoms with van der Waals surface area (Å²) in [6.07, 6.45) is 1.17. The molecule has 1 rings (SSSR count). The quantitative estimate of drug-likeness (QED) is 0.646. The standard InChI is InChI=1S/C10H13.ClH.Mg/c1-9(2)8-10-6-4-3-5-7-10;;/h3-4,6-7,9H,8H2,1-2H3;1H;/q;;+1/p-1. The van der Waals surface area contributed by atoms with Crippen molar-refractivity contribution in [2.24, 2.45) is 5.92 Å². The smallest absolute Gasteiger partial charge is 0.336 e. The van der Waals surface area contributed by atoms with Crippen LogP contribution >= 0.6 is 9.07 Å². The Kier molecular flexibility index (Phi) is 4.40. The molecule has 0 radical (unpaired) electrons. The fourth-order valence-electron chi connectivity index (χ4n) is 1.31. The summed E-state index contributed by atoms with van der Waals surface area (Å²) in [6.45, 7) is 4.48. The van der Waals surface area contributed by atoms with Crippen LogP contribution in [0.5, 0.6) is 0 Å². The summed E-state index contributed by atoms with van der Waals surface area (Å²) in [6, 6.07) is 8.68. The fraction of sp³-hybridized carbons (Fsp3) is 0.400. The second-order valence-electron chi connectivity index (χ2n) is 3.55. The summed E-state index contributed by atoms with van der Waals surface area (Å²) in [5.41, 5.74) is 1.43. The minimum atomic E-state index is -0.492. The molecule has 0 aliphatic rings. The molecule has 0 nitrogen and oxygen atoms in total. The van der Waals surface area contributed by atoms with Gasteiger partial charge in [0.25, 0.3) is 0 Å². The Balaban J connectivity index is 2.72. The van der Waals surface area contributed by atoms with Crippen molar-refractivity contribution in [1.82, 2.24) is 0 Å². The lowest BCUT2D eigenvalue weighted by molar-refractivity contribution is 0.647. The van der Waals surface area contributed by atoms with Gasteiger partial charge in [-0.1, -0.05) is 38.1 Å². The van der Waals surface area contributed by atoms with Crippen LogP contribution in [0.15, 0.2) is 24.3 Å². The van der Waals surface area contributed by atoms with Gasteiger partial charge in [-0.3, -0.25) is 0 Å². The molecule has 2 heteroatoms. The van der Waals surface area contributed by atoms with Gasteiger partial charge in [-0.15, -0.1) is 3.69 Å². The molecule has 0 aliphatic heterocycles. The van der Waals surface area contributed by atoms with Crippen LogP contribution in [0.25, 0.3) is 0 Å². The van der Waals surface area contributed by atoms with Gasteiger partial charge in [-0.2, -0.15) is 0 Å². The summed E-state index contributed by atoms with van der Waals surface area (Å²) in [5.74, 6) is 0.734. The third-order valence-corrected chi connectivity index (χ3v) is 3.46. The van der Waals surface area contributed by atoms with E-state index in [-0.39, 0.29) is 0 Å². The predicted octanol–water partition coefficient (Wildman–Crippen LogP) is 2.37. The first kappa shape index (κ1) is 10.4. The number of benzene rings is 1. The predicted molar refractivity (Wildman–Crippen MR) is 56.2 cm³/mol. The van der Waals surface area contributed by atoms with Gasteiger partial charge >= 0.3 is 19.3 Å². The average molecular weight is 193 g/mol. The molecule has 0 saturated heterocycles. The molecule has 0 atom stereocenters. The molecule has 1 aromatic carbocycles. The van der Waals surface area contributed by atoms with Crippen LogP contribution in [-0.4, -0.2) is 19.3 Å². The Morgan fingerprint density at radius 1 is 1.42 bits per heavy atom. The van der Waals surface area contributed by atoms with Crippen molar-refractivity contribution in [1.29, 1.82) is 0 Å². The Morgan fingerprint density at radius 2 is 2.17 bits per heavy atom. The largest absolute Gasteiger partial charge is 0.538 e. The molecule has 0 heterocycles. The number of halogens is 1. The first-order valence-electron chi connectivity index (χ1n) is 4.36. The van der Waals surface area contributed by atoms with Crippen LogP contribution in [0.3, 0.4) is 0 Å². The van der Waals surface area contributed by atoms with Crippen molar-refractivity contribution in [3.05, 3.63) is 29.8 Å². The molecule has 0 bridgehead atoms. The Bertz CT molecular complexity index is 245. The van der Waals surface area contributed by atoms with Crippen LogP contribution in [0.2, 0.25) is 0 Å². The normalized spacial score (nSPS) is 10.0. The van der Waals surface area contributed by atoms with E-state index in [4.69, 9.17) is 9.07 Å². The van der Waals surface area contributed by atoms with Gasteiger partial charge < -0.3 is 9.07 Å². The molecule has 0 unspecified atom stereocenters. The summed E-state index contributed by atoms with van der Waals surface area (Å²) in [4.78, 5) is 0. The van der Waals surface area contributed by atoms with Crippen molar-refractivity contribution in [2.75, 3.05) is 0 Å². The molecule has 0 saturated carbocycles. The molecule has 1 aromatic rings. The summed E-state index contributed by atoms with van der Waals surface area (Å²) in [5, 5.41) is 0. The van der Waals surface area contributed by atoms with Gasteiger partial charge in [-0.25, -0.2) is 0 Å². The molecule has 0 aromatic heterocycles. The van der Waals surface area contributed by atoms with E-state index < -0.39 is 19.3 Å². The maximum absolute atomic E-state index is 5.87. The molecule has 0 aliphatic carbocycles. The Labute approximate surface area is 87.8 Å². The van der Waals surface area contributed by atoms with E-state index in [1.165, 1.54) is 15.7 Å². The highest BCUT2D eigenvalue weighted by atomic mass is 35.5. The minimum absolute atomic E-state index is 0.492. The minimum Gasteiger partial charge on any atom is -0.336 e. The van der Waals surface area contributed by atoms with Gasteiger partial charge in [0.2, 0.25) is 0 Å². The molecule has 0 fully saturated rings. The van der Waals surface area contributed by atoms with Gasteiger partial charge in [0.05, 0.1) is 0 Å². The maximum Gasteiger partial charge on any atom is 0.538 e. The van der Waals surface area contributed by atoms with Gasteiger partial charge in [0, 0.05) is 0 Å². The molecular weight excluding hydrogens is 180 g/mol. The van der Waals surface area contributed by atoms with E-state index in [0.717, 1.165) is 5.92 Å². The van der Waals surface area contributed by atoms with Crippen molar-refractivity contribution in [3.63, 3.8) is 0 Å². The maximum atomic E-state index is 5.87. The van der Waals surface area contributed by atoms with E-state index in [0.29, 0.717) is 0 Å². The SMILES string of the molecule is CC(C)Cc1ccc[c]([Mg][Cl])c1. The number of hydrogen-bond donors (Lipinski definition) is 0. The highest BCUT2D eigenvalue weighted by Crippen LogP contribution is 2.05. The second kappa shape index (κ2) is 5.10. The highest BCUT2D eigenvalue weighted by Gasteiger charge is 1.99. The molecule has 62 valence electrons. The molecule has 0 N–H and O–H groups in total. The van der Waals surface area contributed by atoms with Crippen molar-refractivity contribution in [2.45, 2.75) is 20.3 Å². The molecule has 12 heavy (non-hydrogen) atoms. The summed E-state index contributed by atoms with van der Waals surface area (Å²) >= 11 is -0.492. The topological polar surface area (TPSA) is 0 Å². The Morgan fingerprint density at radius 3 is 2.75 bits per heavy atom. The molecular formula is C10H13ClMg. The van der Waals surface area contributed by atoms with Crippen LogP contribution in [0.1, 0.15) is 19.4 Å². The first-order chi connectivity index (χ1) is 5.72. The van der Waals surface area contributed by atoms with Gasteiger partial charge in [-0.05, 0) is 17.9 Å². The third kappa shape index (κ3) is 3.34. The lowest BCUT2D eigenvalue weighted by Gasteiger charge is -2.05. The van der Waals surface area contributed by atoms with E-state index in [9.17, 15) is 0 Å². The summed E-state index contributed by atoms with van der Waals surface area (Å²) in [7, 11) is 5.87. The molecule has 0 amide bonds. The lowest BCUT2D eigenvalue weighted by atomic mass is 10.0. The zero-order valence-corrected chi connectivity index (χ0v) is 9.85. The zero-order chi connectivity index (χ0) is 8.97. The van der Waals surface area contributed by atoms with Crippen molar-refractivity contribution >= 4 is 32.0 Å². The fourth-order valence-corrected chi connectivity index (χ4v) is 2.37. The van der Waals surface area contributed by atoms with Crippen LogP contribution in [0, 0.1) is 5.92 Å². The van der Waals surface area contributed by atoms with Crippen molar-refractivity contribution < 1.29 is 0 Å². The lowest BCUT2D eigenvalue weighted by Crippen LogP contribution is -2.09. The van der Waals surface area contributed by atoms with E-state index in [2.05, 4.69) is 38.1 Å². The van der Waals surface area contributed by atoms with Crippen LogP contribution < -0.4 is 3.69 Å². The van der Waals surface area contributed by atoms with Crippen LogP contribution in [0.4, 0.5) is 0 Å². The monoisotopic (exact) mass is 192 g/mol. The molecule has 0 spiro atoms. The van der Waals surface area contributed by atoms with Crippen molar-refractivity contribution in [3.8, 4) is 0 Å². The zero-order valence-electron chi connectivity index (χ0n) is 7.68. The Hall–Kier alpha value is 0.276. The third-order valence-electron chi connectivity index (χ3n) is 1.79. The van der Waals surface area contributed by atoms with E-state index in [1.54, 1.807) is 0 Å². The van der Waals surface area contributed by atoms with E-state index in [1.807, 2.05) is 0 Å². The van der Waals surface area contributed by atoms with Gasteiger partial charge in [0.1, 0.15) is 0 Å². The first-order valence-corrected chi connectivity index (χ1v) is 7.20. The number of hydrogen-bond acceptors (Lipinski definition) is 0. The number of rotatable bonds is 3. The average Bonchev–Trinajstić information content (AvgIpc) is 2.03. The summed E-state index contributed by atoms with van der Waals surface area (Å²) < 4.78 is 1.36. The highest BCUT2D eigenvalue weighted by molar-refractivity contribution is 7.01. The van der Waals surface area contributed by atoms with Crippen LogP contribution in [-0.2, 0) is 6.42 Å². The van der Waals surface area contributed by atoms with E-state index >= 15 is 0 Å². The van der Waals surface area contributed by atoms with Gasteiger partial charge in [0.15, 0.2) is 0 Å².